The fourth-order valence-electron chi connectivity index (χ4n) is 3.87. The third-order valence-electron chi connectivity index (χ3n) is 4.91. The van der Waals surface area contributed by atoms with Crippen LogP contribution in [0.4, 0.5) is 5.69 Å². The number of hydrogen-bond donors (Lipinski definition) is 0. The molecule has 0 amide bonds. The van der Waals surface area contributed by atoms with E-state index in [1.807, 2.05) is 0 Å². The number of aliphatic imine (C=N–C) groups is 1. The highest BCUT2D eigenvalue weighted by Crippen LogP contribution is 2.46. The molecule has 0 aromatic heterocycles. The van der Waals surface area contributed by atoms with Gasteiger partial charge in [0.1, 0.15) is 5.92 Å². The first-order valence-corrected chi connectivity index (χ1v) is 9.06. The second-order valence-electron chi connectivity index (χ2n) is 7.15. The van der Waals surface area contributed by atoms with E-state index in [2.05, 4.69) is 4.99 Å². The Bertz CT molecular complexity index is 869. The van der Waals surface area contributed by atoms with Crippen molar-refractivity contribution in [2.24, 2.45) is 10.9 Å². The molecule has 7 heteroatoms. The van der Waals surface area contributed by atoms with Crippen LogP contribution in [0.3, 0.4) is 0 Å². The van der Waals surface area contributed by atoms with E-state index in [0.29, 0.717) is 41.8 Å². The number of ketones is 1. The molecule has 1 aliphatic carbocycles. The van der Waals surface area contributed by atoms with Crippen LogP contribution >= 0.6 is 0 Å². The van der Waals surface area contributed by atoms with E-state index >= 15 is 0 Å². The molecular weight excluding hydrogens is 348 g/mol. The molecule has 1 aromatic rings. The van der Waals surface area contributed by atoms with E-state index in [1.54, 1.807) is 39.0 Å². The lowest BCUT2D eigenvalue weighted by Crippen LogP contribution is -2.38. The van der Waals surface area contributed by atoms with E-state index in [0.717, 1.165) is 0 Å². The smallest absolute Gasteiger partial charge is 0.315 e. The molecule has 142 valence electrons. The number of nitro groups is 1. The summed E-state index contributed by atoms with van der Waals surface area (Å²) in [5, 5.41) is 11.6. The normalized spacial score (nSPS) is 22.4. The van der Waals surface area contributed by atoms with Crippen molar-refractivity contribution in [1.82, 2.24) is 0 Å². The van der Waals surface area contributed by atoms with Crippen LogP contribution in [0.2, 0.25) is 0 Å². The molecule has 0 saturated carbocycles. The summed E-state index contributed by atoms with van der Waals surface area (Å²) in [5.74, 6) is -2.22. The number of para-hydroxylation sites is 1. The highest BCUT2D eigenvalue weighted by atomic mass is 16.6. The number of ether oxygens (including phenoxy) is 1. The fraction of sp³-hybridized carbons (Fsp3) is 0.450. The molecule has 0 N–H and O–H groups in total. The number of rotatable bonds is 4. The highest BCUT2D eigenvalue weighted by Gasteiger charge is 2.45. The monoisotopic (exact) mass is 370 g/mol. The summed E-state index contributed by atoms with van der Waals surface area (Å²) in [6.45, 7) is 5.20. The molecule has 3 rings (SSSR count). The van der Waals surface area contributed by atoms with Crippen LogP contribution in [0.5, 0.6) is 0 Å². The number of Topliss-reactive ketones (excluding diaryl/α,β-unsaturated/α-hetero) is 1. The van der Waals surface area contributed by atoms with Crippen molar-refractivity contribution < 1.29 is 19.2 Å². The molecule has 0 saturated heterocycles. The summed E-state index contributed by atoms with van der Waals surface area (Å²) in [4.78, 5) is 41.2. The molecule has 0 fully saturated rings. The van der Waals surface area contributed by atoms with Crippen LogP contribution in [0, 0.1) is 16.0 Å². The van der Waals surface area contributed by atoms with E-state index in [1.165, 1.54) is 6.07 Å². The van der Waals surface area contributed by atoms with Gasteiger partial charge in [-0.1, -0.05) is 18.2 Å². The standard InChI is InChI=1S/C20H22N2O5/c1-11(2)27-20(24)17-12(3)21-14-8-6-10-16(23)19(14)18(17)13-7-4-5-9-15(13)22(25)26/h4-5,7,9,11,17-18H,6,8,10H2,1-3H3/t17?,18-/m0/s1. The van der Waals surface area contributed by atoms with Crippen molar-refractivity contribution in [3.05, 3.63) is 51.2 Å². The molecule has 7 nitrogen and oxygen atoms in total. The van der Waals surface area contributed by atoms with E-state index in [9.17, 15) is 19.7 Å². The molecule has 1 unspecified atom stereocenters. The Kier molecular flexibility index (Phi) is 5.21. The topological polar surface area (TPSA) is 98.9 Å². The number of allylic oxidation sites excluding steroid dienone is 2. The zero-order chi connectivity index (χ0) is 19.7. The molecule has 27 heavy (non-hydrogen) atoms. The van der Waals surface area contributed by atoms with E-state index in [-0.39, 0.29) is 17.6 Å². The Morgan fingerprint density at radius 3 is 2.67 bits per heavy atom. The first-order chi connectivity index (χ1) is 12.8. The third kappa shape index (κ3) is 3.54. The zero-order valence-electron chi connectivity index (χ0n) is 15.6. The van der Waals surface area contributed by atoms with Crippen molar-refractivity contribution in [2.45, 2.75) is 52.1 Å². The lowest BCUT2D eigenvalue weighted by molar-refractivity contribution is -0.385. The van der Waals surface area contributed by atoms with Crippen LogP contribution in [0.15, 0.2) is 40.5 Å². The van der Waals surface area contributed by atoms with Crippen molar-refractivity contribution in [3.63, 3.8) is 0 Å². The van der Waals surface area contributed by atoms with Gasteiger partial charge in [-0.3, -0.25) is 24.7 Å². The molecule has 1 aromatic carbocycles. The summed E-state index contributed by atoms with van der Waals surface area (Å²) >= 11 is 0. The van der Waals surface area contributed by atoms with Crippen molar-refractivity contribution >= 4 is 23.2 Å². The van der Waals surface area contributed by atoms with Crippen LogP contribution in [-0.2, 0) is 14.3 Å². The van der Waals surface area contributed by atoms with Gasteiger partial charge in [0, 0.05) is 41.0 Å². The molecule has 2 aliphatic rings. The number of esters is 1. The molecule has 0 radical (unpaired) electrons. The van der Waals surface area contributed by atoms with Gasteiger partial charge >= 0.3 is 5.97 Å². The summed E-state index contributed by atoms with van der Waals surface area (Å²) in [6, 6.07) is 6.27. The first kappa shape index (κ1) is 18.9. The van der Waals surface area contributed by atoms with Gasteiger partial charge in [0.05, 0.1) is 11.0 Å². The molecule has 0 bridgehead atoms. The maximum Gasteiger partial charge on any atom is 0.315 e. The van der Waals surface area contributed by atoms with Gasteiger partial charge in [-0.15, -0.1) is 0 Å². The van der Waals surface area contributed by atoms with Gasteiger partial charge in [0.25, 0.3) is 5.69 Å². The minimum absolute atomic E-state index is 0.0991. The van der Waals surface area contributed by atoms with Crippen molar-refractivity contribution in [2.75, 3.05) is 0 Å². The Morgan fingerprint density at radius 2 is 2.00 bits per heavy atom. The quantitative estimate of drug-likeness (QED) is 0.457. The minimum atomic E-state index is -0.853. The van der Waals surface area contributed by atoms with Crippen molar-refractivity contribution in [1.29, 1.82) is 0 Å². The number of carbonyl (C=O) groups is 2. The number of nitrogens with zero attached hydrogens (tertiary/aromatic N) is 2. The SMILES string of the molecule is CC1=NC2=C(C(=O)CCC2)[C@@H](c2ccccc2[N+](=O)[O-])C1C(=O)OC(C)C. The van der Waals surface area contributed by atoms with Gasteiger partial charge in [0.15, 0.2) is 5.78 Å². The molecule has 1 heterocycles. The Hall–Kier alpha value is -2.83. The van der Waals surface area contributed by atoms with Gasteiger partial charge in [-0.05, 0) is 33.6 Å². The zero-order valence-corrected chi connectivity index (χ0v) is 15.6. The predicted octanol–water partition coefficient (Wildman–Crippen LogP) is 3.73. The second-order valence-corrected chi connectivity index (χ2v) is 7.15. The van der Waals surface area contributed by atoms with Crippen LogP contribution in [0.1, 0.15) is 51.5 Å². The maximum atomic E-state index is 12.9. The van der Waals surface area contributed by atoms with Crippen LogP contribution in [0.25, 0.3) is 0 Å². The molecule has 0 spiro atoms. The van der Waals surface area contributed by atoms with Crippen LogP contribution in [-0.4, -0.2) is 28.5 Å². The summed E-state index contributed by atoms with van der Waals surface area (Å²) in [7, 11) is 0. The minimum Gasteiger partial charge on any atom is -0.462 e. The maximum absolute atomic E-state index is 12.9. The Labute approximate surface area is 157 Å². The number of nitro benzene ring substituents is 1. The Morgan fingerprint density at radius 1 is 1.30 bits per heavy atom. The predicted molar refractivity (Wildman–Crippen MR) is 99.5 cm³/mol. The molecule has 2 atom stereocenters. The van der Waals surface area contributed by atoms with Crippen molar-refractivity contribution in [3.8, 4) is 0 Å². The highest BCUT2D eigenvalue weighted by molar-refractivity contribution is 6.09. The molecule has 1 aliphatic heterocycles. The second kappa shape index (κ2) is 7.42. The molecular formula is C20H22N2O5. The third-order valence-corrected chi connectivity index (χ3v) is 4.91. The first-order valence-electron chi connectivity index (χ1n) is 9.06. The number of carbonyl (C=O) groups excluding carboxylic acids is 2. The lowest BCUT2D eigenvalue weighted by atomic mass is 9.71. The average molecular weight is 370 g/mol. The van der Waals surface area contributed by atoms with Gasteiger partial charge < -0.3 is 4.74 Å². The average Bonchev–Trinajstić information content (AvgIpc) is 2.60. The fourth-order valence-corrected chi connectivity index (χ4v) is 3.87. The summed E-state index contributed by atoms with van der Waals surface area (Å²) < 4.78 is 5.40. The van der Waals surface area contributed by atoms with E-state index in [4.69, 9.17) is 4.74 Å². The largest absolute Gasteiger partial charge is 0.462 e. The van der Waals surface area contributed by atoms with Gasteiger partial charge in [-0.25, -0.2) is 0 Å². The van der Waals surface area contributed by atoms with E-state index < -0.39 is 22.7 Å². The number of hydrogen-bond acceptors (Lipinski definition) is 6. The summed E-state index contributed by atoms with van der Waals surface area (Å²) in [6.07, 6.45) is 1.34. The lowest BCUT2D eigenvalue weighted by Gasteiger charge is -2.34. The van der Waals surface area contributed by atoms with Gasteiger partial charge in [0.2, 0.25) is 0 Å². The summed E-state index contributed by atoms with van der Waals surface area (Å²) in [5.41, 5.74) is 1.83. The van der Waals surface area contributed by atoms with Gasteiger partial charge in [-0.2, -0.15) is 0 Å². The number of benzene rings is 1. The van der Waals surface area contributed by atoms with Crippen LogP contribution < -0.4 is 0 Å². The Balaban J connectivity index is 2.21.